The van der Waals surface area contributed by atoms with Crippen LogP contribution in [0.4, 0.5) is 0 Å². The van der Waals surface area contributed by atoms with E-state index in [1.165, 1.54) is 7.11 Å². The minimum Gasteiger partial charge on any atom is -0.469 e. The number of nitrogens with one attached hydrogen (secondary N) is 1. The molecule has 0 amide bonds. The van der Waals surface area contributed by atoms with Crippen molar-refractivity contribution in [3.05, 3.63) is 0 Å². The highest BCUT2D eigenvalue weighted by molar-refractivity contribution is 7.98. The van der Waals surface area contributed by atoms with Gasteiger partial charge in [0.2, 0.25) is 10.0 Å². The molecule has 0 saturated heterocycles. The first-order valence-corrected chi connectivity index (χ1v) is 8.09. The molecule has 1 N–H and O–H groups in total. The molecule has 0 radical (unpaired) electrons. The Morgan fingerprint density at radius 2 is 2.06 bits per heavy atom. The Morgan fingerprint density at radius 3 is 2.62 bits per heavy atom. The summed E-state index contributed by atoms with van der Waals surface area (Å²) in [5, 5.41) is 0. The third-order valence-corrected chi connectivity index (χ3v) is 4.04. The van der Waals surface area contributed by atoms with Crippen molar-refractivity contribution in [2.24, 2.45) is 0 Å². The standard InChI is InChI=1S/C9H19NO4S2/c1-14-9(11)5-3-8-16(12,13)10-6-4-7-15-2/h10H,3-8H2,1-2H3. The van der Waals surface area contributed by atoms with E-state index in [9.17, 15) is 13.2 Å². The number of sulfonamides is 1. The van der Waals surface area contributed by atoms with Crippen molar-refractivity contribution in [1.82, 2.24) is 4.72 Å². The zero-order valence-electron chi connectivity index (χ0n) is 9.69. The lowest BCUT2D eigenvalue weighted by Crippen LogP contribution is -2.28. The van der Waals surface area contributed by atoms with Crippen LogP contribution in [0, 0.1) is 0 Å². The number of rotatable bonds is 9. The van der Waals surface area contributed by atoms with Gasteiger partial charge < -0.3 is 4.74 Å². The molecule has 7 heteroatoms. The molecule has 5 nitrogen and oxygen atoms in total. The lowest BCUT2D eigenvalue weighted by Gasteiger charge is -2.05. The molecule has 96 valence electrons. The first kappa shape index (κ1) is 15.7. The van der Waals surface area contributed by atoms with Gasteiger partial charge in [-0.1, -0.05) is 0 Å². The zero-order chi connectivity index (χ0) is 12.4. The second-order valence-corrected chi connectivity index (χ2v) is 6.15. The molecule has 16 heavy (non-hydrogen) atoms. The highest BCUT2D eigenvalue weighted by atomic mass is 32.2. The van der Waals surface area contributed by atoms with Gasteiger partial charge in [-0.05, 0) is 24.9 Å². The molecule has 0 spiro atoms. The third kappa shape index (κ3) is 8.99. The molecule has 0 aromatic carbocycles. The van der Waals surface area contributed by atoms with E-state index in [0.717, 1.165) is 12.2 Å². The highest BCUT2D eigenvalue weighted by Crippen LogP contribution is 1.98. The molecule has 0 aliphatic heterocycles. The number of ether oxygens (including phenoxy) is 1. The lowest BCUT2D eigenvalue weighted by atomic mass is 10.3. The van der Waals surface area contributed by atoms with Gasteiger partial charge in [0.05, 0.1) is 12.9 Å². The molecular weight excluding hydrogens is 250 g/mol. The van der Waals surface area contributed by atoms with Gasteiger partial charge in [-0.2, -0.15) is 11.8 Å². The van der Waals surface area contributed by atoms with E-state index < -0.39 is 10.0 Å². The molecule has 0 fully saturated rings. The molecule has 0 atom stereocenters. The number of esters is 1. The van der Waals surface area contributed by atoms with E-state index in [2.05, 4.69) is 9.46 Å². The van der Waals surface area contributed by atoms with Crippen LogP contribution in [-0.2, 0) is 19.6 Å². The van der Waals surface area contributed by atoms with E-state index in [1.807, 2.05) is 6.26 Å². The van der Waals surface area contributed by atoms with E-state index in [1.54, 1.807) is 11.8 Å². The number of hydrogen-bond acceptors (Lipinski definition) is 5. The maximum atomic E-state index is 11.4. The third-order valence-electron chi connectivity index (χ3n) is 1.87. The second-order valence-electron chi connectivity index (χ2n) is 3.24. The minimum absolute atomic E-state index is 0.0264. The Balaban J connectivity index is 3.66. The maximum absolute atomic E-state index is 11.4. The molecule has 0 rings (SSSR count). The van der Waals surface area contributed by atoms with Crippen LogP contribution >= 0.6 is 11.8 Å². The maximum Gasteiger partial charge on any atom is 0.305 e. The van der Waals surface area contributed by atoms with Crippen LogP contribution in [0.25, 0.3) is 0 Å². The van der Waals surface area contributed by atoms with E-state index >= 15 is 0 Å². The van der Waals surface area contributed by atoms with Crippen LogP contribution in [0.3, 0.4) is 0 Å². The fraction of sp³-hybridized carbons (Fsp3) is 0.889. The van der Waals surface area contributed by atoms with Crippen molar-refractivity contribution in [1.29, 1.82) is 0 Å². The molecule has 0 aliphatic rings. The monoisotopic (exact) mass is 269 g/mol. The molecule has 0 bridgehead atoms. The summed E-state index contributed by atoms with van der Waals surface area (Å²) in [6.07, 6.45) is 3.23. The summed E-state index contributed by atoms with van der Waals surface area (Å²) in [4.78, 5) is 10.8. The normalized spacial score (nSPS) is 11.4. The Kier molecular flexibility index (Phi) is 8.68. The van der Waals surface area contributed by atoms with Gasteiger partial charge in [0.1, 0.15) is 0 Å². The summed E-state index contributed by atoms with van der Waals surface area (Å²) in [5.74, 6) is 0.532. The fourth-order valence-electron chi connectivity index (χ4n) is 1.02. The van der Waals surface area contributed by atoms with E-state index in [-0.39, 0.29) is 18.1 Å². The summed E-state index contributed by atoms with van der Waals surface area (Å²) >= 11 is 1.68. The van der Waals surface area contributed by atoms with Gasteiger partial charge in [-0.25, -0.2) is 13.1 Å². The van der Waals surface area contributed by atoms with Crippen molar-refractivity contribution in [3.8, 4) is 0 Å². The predicted molar refractivity (Wildman–Crippen MR) is 66.0 cm³/mol. The van der Waals surface area contributed by atoms with Crippen molar-refractivity contribution in [2.45, 2.75) is 19.3 Å². The Labute approximate surface area is 101 Å². The van der Waals surface area contributed by atoms with Crippen LogP contribution in [-0.4, -0.2) is 45.8 Å². The molecular formula is C9H19NO4S2. The fourth-order valence-corrected chi connectivity index (χ4v) is 2.58. The van der Waals surface area contributed by atoms with Crippen molar-refractivity contribution < 1.29 is 17.9 Å². The predicted octanol–water partition coefficient (Wildman–Crippen LogP) is 0.612. The van der Waals surface area contributed by atoms with Crippen LogP contribution in [0.2, 0.25) is 0 Å². The molecule has 0 saturated carbocycles. The highest BCUT2D eigenvalue weighted by Gasteiger charge is 2.10. The molecule has 0 aromatic heterocycles. The first-order valence-electron chi connectivity index (χ1n) is 5.05. The van der Waals surface area contributed by atoms with E-state index in [0.29, 0.717) is 13.0 Å². The number of methoxy groups -OCH3 is 1. The summed E-state index contributed by atoms with van der Waals surface area (Å²) < 4.78 is 29.7. The van der Waals surface area contributed by atoms with E-state index in [4.69, 9.17) is 0 Å². The van der Waals surface area contributed by atoms with Gasteiger partial charge >= 0.3 is 5.97 Å². The molecule has 0 aromatic rings. The average molecular weight is 269 g/mol. The van der Waals surface area contributed by atoms with Crippen molar-refractivity contribution in [2.75, 3.05) is 31.4 Å². The van der Waals surface area contributed by atoms with Gasteiger partial charge in [0.25, 0.3) is 0 Å². The van der Waals surface area contributed by atoms with Crippen molar-refractivity contribution >= 4 is 27.8 Å². The van der Waals surface area contributed by atoms with Gasteiger partial charge in [0.15, 0.2) is 0 Å². The zero-order valence-corrected chi connectivity index (χ0v) is 11.3. The smallest absolute Gasteiger partial charge is 0.305 e. The Hall–Kier alpha value is -0.270. The number of thioether (sulfide) groups is 1. The van der Waals surface area contributed by atoms with Crippen LogP contribution < -0.4 is 4.72 Å². The first-order chi connectivity index (χ1) is 7.52. The topological polar surface area (TPSA) is 72.5 Å². The largest absolute Gasteiger partial charge is 0.469 e. The summed E-state index contributed by atoms with van der Waals surface area (Å²) in [7, 11) is -1.94. The Bertz CT molecular complexity index is 290. The number of hydrogen-bond donors (Lipinski definition) is 1. The summed E-state index contributed by atoms with van der Waals surface area (Å²) in [5.41, 5.74) is 0. The molecule has 0 unspecified atom stereocenters. The summed E-state index contributed by atoms with van der Waals surface area (Å²) in [6.45, 7) is 0.460. The minimum atomic E-state index is -3.23. The lowest BCUT2D eigenvalue weighted by molar-refractivity contribution is -0.140. The Morgan fingerprint density at radius 1 is 1.38 bits per heavy atom. The van der Waals surface area contributed by atoms with Gasteiger partial charge in [0, 0.05) is 13.0 Å². The average Bonchev–Trinajstić information content (AvgIpc) is 2.24. The summed E-state index contributed by atoms with van der Waals surface area (Å²) in [6, 6.07) is 0. The van der Waals surface area contributed by atoms with Crippen LogP contribution in [0.15, 0.2) is 0 Å². The quantitative estimate of drug-likeness (QED) is 0.490. The van der Waals surface area contributed by atoms with Crippen LogP contribution in [0.5, 0.6) is 0 Å². The number of carbonyl (C=O) groups excluding carboxylic acids is 1. The van der Waals surface area contributed by atoms with Crippen LogP contribution in [0.1, 0.15) is 19.3 Å². The second kappa shape index (κ2) is 8.83. The molecule has 0 heterocycles. The molecule has 0 aliphatic carbocycles. The van der Waals surface area contributed by atoms with Crippen molar-refractivity contribution in [3.63, 3.8) is 0 Å². The number of carbonyl (C=O) groups is 1. The SMILES string of the molecule is COC(=O)CCCS(=O)(=O)NCCCSC. The van der Waals surface area contributed by atoms with Gasteiger partial charge in [-0.3, -0.25) is 4.79 Å². The van der Waals surface area contributed by atoms with Gasteiger partial charge in [-0.15, -0.1) is 0 Å².